The molecule has 1 saturated heterocycles. The molecule has 2 aliphatic rings. The summed E-state index contributed by atoms with van der Waals surface area (Å²) >= 11 is 5.97. The summed E-state index contributed by atoms with van der Waals surface area (Å²) in [5, 5.41) is 22.1. The van der Waals surface area contributed by atoms with E-state index in [-0.39, 0.29) is 25.3 Å². The first kappa shape index (κ1) is 24.4. The molecule has 3 aromatic rings. The molecule has 190 valence electrons. The number of alkyl halides is 3. The maximum Gasteiger partial charge on any atom is 0.416 e. The number of aliphatic hydroxyl groups excluding tert-OH is 1. The zero-order valence-electron chi connectivity index (χ0n) is 19.0. The number of likely N-dealkylation sites (tertiary alicyclic amines) is 1. The van der Waals surface area contributed by atoms with E-state index in [2.05, 4.69) is 15.5 Å². The van der Waals surface area contributed by atoms with Crippen LogP contribution in [-0.4, -0.2) is 50.1 Å². The van der Waals surface area contributed by atoms with E-state index in [0.29, 0.717) is 29.4 Å². The number of nitrogens with one attached hydrogen (secondary N) is 1. The lowest BCUT2D eigenvalue weighted by Gasteiger charge is -2.31. The van der Waals surface area contributed by atoms with Gasteiger partial charge in [0, 0.05) is 30.0 Å². The second kappa shape index (κ2) is 9.62. The standard InChI is InChI=1S/C24H23ClF3N5O3/c25-16-4-1-14(2-5-16)11-32-13-29-31-22(32)20-10-17(34)12-33(20)23(35)30-19-7-8-36-21-9-15(24(26,27)28)3-6-18(19)21/h1-6,9,13,17,19-20,34H,7-8,10-12H2,(H,30,35). The van der Waals surface area contributed by atoms with Crippen LogP contribution in [0.5, 0.6) is 5.75 Å². The van der Waals surface area contributed by atoms with Crippen molar-refractivity contribution in [2.75, 3.05) is 13.2 Å². The van der Waals surface area contributed by atoms with Gasteiger partial charge in [0.15, 0.2) is 5.82 Å². The lowest BCUT2D eigenvalue weighted by atomic mass is 9.98. The van der Waals surface area contributed by atoms with Gasteiger partial charge in [-0.15, -0.1) is 10.2 Å². The lowest BCUT2D eigenvalue weighted by Crippen LogP contribution is -2.43. The normalized spacial score (nSPS) is 21.7. The third-order valence-electron chi connectivity index (χ3n) is 6.43. The molecule has 8 nitrogen and oxygen atoms in total. The fourth-order valence-electron chi connectivity index (χ4n) is 4.66. The Bertz CT molecular complexity index is 1250. The molecule has 0 radical (unpaired) electrons. The Morgan fingerprint density at radius 2 is 2.00 bits per heavy atom. The fourth-order valence-corrected chi connectivity index (χ4v) is 4.79. The van der Waals surface area contributed by atoms with Crippen molar-refractivity contribution in [3.63, 3.8) is 0 Å². The molecule has 0 aliphatic carbocycles. The number of urea groups is 1. The number of carbonyl (C=O) groups excluding carboxylic acids is 1. The highest BCUT2D eigenvalue weighted by Gasteiger charge is 2.40. The average molecular weight is 522 g/mol. The molecule has 0 spiro atoms. The topological polar surface area (TPSA) is 92.5 Å². The van der Waals surface area contributed by atoms with Gasteiger partial charge in [0.25, 0.3) is 0 Å². The minimum absolute atomic E-state index is 0.0907. The smallest absolute Gasteiger partial charge is 0.416 e. The molecule has 1 aromatic heterocycles. The molecule has 2 aromatic carbocycles. The van der Waals surface area contributed by atoms with Crippen molar-refractivity contribution in [2.24, 2.45) is 0 Å². The maximum absolute atomic E-state index is 13.3. The molecule has 5 rings (SSSR count). The largest absolute Gasteiger partial charge is 0.493 e. The molecule has 1 fully saturated rings. The van der Waals surface area contributed by atoms with E-state index in [0.717, 1.165) is 17.7 Å². The second-order valence-electron chi connectivity index (χ2n) is 8.89. The third-order valence-corrected chi connectivity index (χ3v) is 6.68. The van der Waals surface area contributed by atoms with E-state index < -0.39 is 36.0 Å². The molecule has 12 heteroatoms. The number of rotatable bonds is 4. The highest BCUT2D eigenvalue weighted by molar-refractivity contribution is 6.30. The van der Waals surface area contributed by atoms with Crippen molar-refractivity contribution < 1.29 is 27.8 Å². The van der Waals surface area contributed by atoms with Gasteiger partial charge in [-0.2, -0.15) is 13.2 Å². The maximum atomic E-state index is 13.3. The van der Waals surface area contributed by atoms with Gasteiger partial charge in [-0.25, -0.2) is 4.79 Å². The monoisotopic (exact) mass is 521 g/mol. The van der Waals surface area contributed by atoms with E-state index in [1.165, 1.54) is 11.0 Å². The van der Waals surface area contributed by atoms with E-state index in [4.69, 9.17) is 16.3 Å². The number of hydrogen-bond acceptors (Lipinski definition) is 5. The number of benzene rings is 2. The van der Waals surface area contributed by atoms with E-state index in [1.54, 1.807) is 18.5 Å². The number of aromatic nitrogens is 3. The molecule has 36 heavy (non-hydrogen) atoms. The van der Waals surface area contributed by atoms with E-state index >= 15 is 0 Å². The number of β-amino-alcohol motifs (C(OH)–C–C–N with tert-alkyl or cyclic N) is 1. The first-order valence-corrected chi connectivity index (χ1v) is 11.8. The van der Waals surface area contributed by atoms with Crippen molar-refractivity contribution in [2.45, 2.75) is 43.8 Å². The molecule has 3 heterocycles. The summed E-state index contributed by atoms with van der Waals surface area (Å²) in [6, 6.07) is 9.09. The van der Waals surface area contributed by atoms with Crippen LogP contribution in [0.2, 0.25) is 5.02 Å². The van der Waals surface area contributed by atoms with Crippen molar-refractivity contribution in [3.8, 4) is 5.75 Å². The summed E-state index contributed by atoms with van der Waals surface area (Å²) in [5.74, 6) is 0.626. The van der Waals surface area contributed by atoms with Crippen LogP contribution in [0, 0.1) is 0 Å². The minimum atomic E-state index is -4.49. The van der Waals surface area contributed by atoms with Crippen LogP contribution in [0.15, 0.2) is 48.8 Å². The van der Waals surface area contributed by atoms with Gasteiger partial charge in [-0.05, 0) is 29.8 Å². The predicted molar refractivity (Wildman–Crippen MR) is 123 cm³/mol. The van der Waals surface area contributed by atoms with Crippen LogP contribution >= 0.6 is 11.6 Å². The van der Waals surface area contributed by atoms with Crippen LogP contribution in [0.3, 0.4) is 0 Å². The van der Waals surface area contributed by atoms with Gasteiger partial charge in [-0.3, -0.25) is 0 Å². The third kappa shape index (κ3) is 4.98. The van der Waals surface area contributed by atoms with Gasteiger partial charge in [0.2, 0.25) is 0 Å². The first-order valence-electron chi connectivity index (χ1n) is 11.4. The minimum Gasteiger partial charge on any atom is -0.493 e. The molecule has 2 N–H and O–H groups in total. The zero-order valence-corrected chi connectivity index (χ0v) is 19.7. The Hall–Kier alpha value is -3.31. The summed E-state index contributed by atoms with van der Waals surface area (Å²) in [5.41, 5.74) is 0.632. The summed E-state index contributed by atoms with van der Waals surface area (Å²) < 4.78 is 46.5. The average Bonchev–Trinajstić information content (AvgIpc) is 3.46. The number of nitrogens with zero attached hydrogens (tertiary/aromatic N) is 4. The number of halogens is 4. The molecule has 2 amide bonds. The van der Waals surface area contributed by atoms with Gasteiger partial charge in [0.05, 0.1) is 36.9 Å². The van der Waals surface area contributed by atoms with Crippen LogP contribution in [0.4, 0.5) is 18.0 Å². The van der Waals surface area contributed by atoms with E-state index in [1.807, 2.05) is 16.7 Å². The lowest BCUT2D eigenvalue weighted by molar-refractivity contribution is -0.137. The van der Waals surface area contributed by atoms with Crippen LogP contribution in [-0.2, 0) is 12.7 Å². The molecular weight excluding hydrogens is 499 g/mol. The van der Waals surface area contributed by atoms with Crippen molar-refractivity contribution in [3.05, 3.63) is 76.3 Å². The summed E-state index contributed by atoms with van der Waals surface area (Å²) in [6.45, 7) is 0.713. The Labute approximate surface area is 209 Å². The fraction of sp³-hybridized carbons (Fsp3) is 0.375. The molecular formula is C24H23ClF3N5O3. The summed E-state index contributed by atoms with van der Waals surface area (Å²) in [7, 11) is 0. The van der Waals surface area contributed by atoms with Crippen LogP contribution < -0.4 is 10.1 Å². The highest BCUT2D eigenvalue weighted by Crippen LogP contribution is 2.38. The van der Waals surface area contributed by atoms with E-state index in [9.17, 15) is 23.1 Å². The Balaban J connectivity index is 1.34. The van der Waals surface area contributed by atoms with Crippen molar-refractivity contribution in [1.82, 2.24) is 25.0 Å². The van der Waals surface area contributed by atoms with Crippen molar-refractivity contribution >= 4 is 17.6 Å². The number of aliphatic hydroxyl groups is 1. The Kier molecular flexibility index (Phi) is 6.52. The molecule has 0 saturated carbocycles. The van der Waals surface area contributed by atoms with Crippen LogP contribution in [0.25, 0.3) is 0 Å². The van der Waals surface area contributed by atoms with Gasteiger partial charge < -0.3 is 24.6 Å². The number of carbonyl (C=O) groups is 1. The SMILES string of the molecule is O=C(NC1CCOc2cc(C(F)(F)F)ccc21)N1CC(O)CC1c1nncn1Cc1ccc(Cl)cc1. The first-order chi connectivity index (χ1) is 17.2. The highest BCUT2D eigenvalue weighted by atomic mass is 35.5. The number of hydrogen-bond donors (Lipinski definition) is 2. The Morgan fingerprint density at radius 3 is 2.75 bits per heavy atom. The molecule has 3 unspecified atom stereocenters. The summed E-state index contributed by atoms with van der Waals surface area (Å²) in [6.07, 6.45) is -2.99. The number of amides is 2. The quantitative estimate of drug-likeness (QED) is 0.533. The van der Waals surface area contributed by atoms with Gasteiger partial charge in [0.1, 0.15) is 12.1 Å². The number of ether oxygens (including phenoxy) is 1. The van der Waals surface area contributed by atoms with Crippen molar-refractivity contribution in [1.29, 1.82) is 0 Å². The predicted octanol–water partition coefficient (Wildman–Crippen LogP) is 4.34. The second-order valence-corrected chi connectivity index (χ2v) is 9.33. The molecule has 3 atom stereocenters. The number of fused-ring (bicyclic) bond motifs is 1. The summed E-state index contributed by atoms with van der Waals surface area (Å²) in [4.78, 5) is 14.8. The molecule has 0 bridgehead atoms. The Morgan fingerprint density at radius 1 is 1.22 bits per heavy atom. The van der Waals surface area contributed by atoms with Crippen LogP contribution in [0.1, 0.15) is 47.4 Å². The van der Waals surface area contributed by atoms with Gasteiger partial charge >= 0.3 is 12.2 Å². The zero-order chi connectivity index (χ0) is 25.4. The van der Waals surface area contributed by atoms with Gasteiger partial charge in [-0.1, -0.05) is 29.8 Å². The molecule has 2 aliphatic heterocycles.